The zero-order valence-electron chi connectivity index (χ0n) is 14.7. The van der Waals surface area contributed by atoms with Crippen molar-refractivity contribution in [3.8, 4) is 5.75 Å². The van der Waals surface area contributed by atoms with E-state index >= 15 is 0 Å². The van der Waals surface area contributed by atoms with Gasteiger partial charge in [-0.2, -0.15) is 0 Å². The summed E-state index contributed by atoms with van der Waals surface area (Å²) in [6, 6.07) is 9.52. The fourth-order valence-corrected chi connectivity index (χ4v) is 3.26. The molecule has 0 amide bonds. The Kier molecular flexibility index (Phi) is 5.50. The SMILES string of the molecule is Cc1cc(C[NH2+][C@@H](C)[C@H](O)c2ccc(O)cc2)c(C)n1C(C)C. The first-order valence-corrected chi connectivity index (χ1v) is 8.29. The highest BCUT2D eigenvalue weighted by Gasteiger charge is 2.20. The van der Waals surface area contributed by atoms with Crippen molar-refractivity contribution in [3.63, 3.8) is 0 Å². The number of phenolic OH excluding ortho intramolecular Hbond substituents is 1. The highest BCUT2D eigenvalue weighted by atomic mass is 16.3. The molecule has 2 aromatic rings. The van der Waals surface area contributed by atoms with E-state index < -0.39 is 6.10 Å². The van der Waals surface area contributed by atoms with E-state index in [0.717, 1.165) is 12.1 Å². The van der Waals surface area contributed by atoms with Crippen molar-refractivity contribution in [2.75, 3.05) is 0 Å². The first-order valence-electron chi connectivity index (χ1n) is 8.29. The molecule has 4 N–H and O–H groups in total. The number of aliphatic hydroxyl groups excluding tert-OH is 1. The van der Waals surface area contributed by atoms with E-state index in [-0.39, 0.29) is 11.8 Å². The summed E-state index contributed by atoms with van der Waals surface area (Å²) in [7, 11) is 0. The van der Waals surface area contributed by atoms with Crippen LogP contribution in [0.25, 0.3) is 0 Å². The number of nitrogens with two attached hydrogens (primary N) is 1. The molecule has 1 heterocycles. The molecule has 4 nitrogen and oxygen atoms in total. The van der Waals surface area contributed by atoms with E-state index in [0.29, 0.717) is 6.04 Å². The first-order chi connectivity index (χ1) is 10.8. The number of rotatable bonds is 6. The molecule has 0 spiro atoms. The van der Waals surface area contributed by atoms with E-state index in [4.69, 9.17) is 0 Å². The fourth-order valence-electron chi connectivity index (χ4n) is 3.26. The number of phenols is 1. The normalized spacial score (nSPS) is 14.2. The standard InChI is InChI=1S/C19H28N2O2/c1-12(2)21-13(3)10-17(15(21)5)11-20-14(4)19(23)16-6-8-18(22)9-7-16/h6-10,12,14,19-20,22-23H,11H2,1-5H3/p+1/t14-,19-/m0/s1. The zero-order valence-corrected chi connectivity index (χ0v) is 14.7. The van der Waals surface area contributed by atoms with Crippen LogP contribution in [0.4, 0.5) is 0 Å². The summed E-state index contributed by atoms with van der Waals surface area (Å²) < 4.78 is 2.35. The van der Waals surface area contributed by atoms with Gasteiger partial charge < -0.3 is 20.1 Å². The first kappa shape index (κ1) is 17.6. The van der Waals surface area contributed by atoms with Gasteiger partial charge in [0.05, 0.1) is 0 Å². The molecule has 126 valence electrons. The maximum atomic E-state index is 10.5. The van der Waals surface area contributed by atoms with Gasteiger partial charge in [0.2, 0.25) is 0 Å². The maximum Gasteiger partial charge on any atom is 0.130 e. The average Bonchev–Trinajstić information content (AvgIpc) is 2.79. The second kappa shape index (κ2) is 7.20. The van der Waals surface area contributed by atoms with Gasteiger partial charge in [0.15, 0.2) is 0 Å². The van der Waals surface area contributed by atoms with Gasteiger partial charge in [0.1, 0.15) is 24.4 Å². The molecule has 4 heteroatoms. The van der Waals surface area contributed by atoms with Gasteiger partial charge in [-0.15, -0.1) is 0 Å². The predicted octanol–water partition coefficient (Wildman–Crippen LogP) is 2.58. The third-order valence-electron chi connectivity index (χ3n) is 4.55. The summed E-state index contributed by atoms with van der Waals surface area (Å²) in [5.74, 6) is 0.221. The van der Waals surface area contributed by atoms with Crippen molar-refractivity contribution in [3.05, 3.63) is 52.8 Å². The van der Waals surface area contributed by atoms with Crippen LogP contribution in [0.1, 0.15) is 55.4 Å². The molecule has 0 saturated heterocycles. The Morgan fingerprint density at radius 3 is 2.22 bits per heavy atom. The van der Waals surface area contributed by atoms with E-state index in [1.165, 1.54) is 17.0 Å². The summed E-state index contributed by atoms with van der Waals surface area (Å²) in [4.78, 5) is 0. The molecule has 1 aromatic carbocycles. The second-order valence-electron chi connectivity index (χ2n) is 6.70. The third-order valence-corrected chi connectivity index (χ3v) is 4.55. The maximum absolute atomic E-state index is 10.5. The average molecular weight is 317 g/mol. The topological polar surface area (TPSA) is 62.0 Å². The van der Waals surface area contributed by atoms with Crippen molar-refractivity contribution in [2.45, 2.75) is 59.4 Å². The summed E-state index contributed by atoms with van der Waals surface area (Å²) in [5, 5.41) is 22.0. The number of aliphatic hydroxyl groups is 1. The number of aromatic hydroxyl groups is 1. The Morgan fingerprint density at radius 1 is 1.09 bits per heavy atom. The number of aryl methyl sites for hydroxylation is 1. The van der Waals surface area contributed by atoms with Crippen LogP contribution in [-0.2, 0) is 6.54 Å². The molecule has 0 fully saturated rings. The largest absolute Gasteiger partial charge is 0.508 e. The number of aromatic nitrogens is 1. The van der Waals surface area contributed by atoms with Crippen LogP contribution in [0, 0.1) is 13.8 Å². The molecule has 2 rings (SSSR count). The van der Waals surface area contributed by atoms with Crippen LogP contribution in [0.3, 0.4) is 0 Å². The number of quaternary nitrogens is 1. The molecule has 0 aliphatic heterocycles. The van der Waals surface area contributed by atoms with Gasteiger partial charge in [-0.1, -0.05) is 12.1 Å². The van der Waals surface area contributed by atoms with Crippen LogP contribution in [0.2, 0.25) is 0 Å². The lowest BCUT2D eigenvalue weighted by molar-refractivity contribution is -0.709. The van der Waals surface area contributed by atoms with Gasteiger partial charge >= 0.3 is 0 Å². The van der Waals surface area contributed by atoms with Crippen LogP contribution < -0.4 is 5.32 Å². The quantitative estimate of drug-likeness (QED) is 0.767. The number of nitrogens with zero attached hydrogens (tertiary/aromatic N) is 1. The highest BCUT2D eigenvalue weighted by molar-refractivity contribution is 5.28. The third kappa shape index (κ3) is 3.95. The molecule has 0 radical (unpaired) electrons. The molecule has 2 atom stereocenters. The Labute approximate surface area is 138 Å². The van der Waals surface area contributed by atoms with Crippen molar-refractivity contribution in [2.24, 2.45) is 0 Å². The van der Waals surface area contributed by atoms with Gasteiger partial charge in [-0.05, 0) is 58.4 Å². The van der Waals surface area contributed by atoms with Gasteiger partial charge in [0, 0.05) is 23.0 Å². The van der Waals surface area contributed by atoms with E-state index in [1.54, 1.807) is 24.3 Å². The minimum absolute atomic E-state index is 0.0432. The lowest BCUT2D eigenvalue weighted by atomic mass is 10.0. The second-order valence-corrected chi connectivity index (χ2v) is 6.70. The Balaban J connectivity index is 2.03. The van der Waals surface area contributed by atoms with Gasteiger partial charge in [-0.3, -0.25) is 0 Å². The van der Waals surface area contributed by atoms with E-state index in [2.05, 4.69) is 43.6 Å². The van der Waals surface area contributed by atoms with Gasteiger partial charge in [-0.25, -0.2) is 0 Å². The van der Waals surface area contributed by atoms with E-state index in [9.17, 15) is 10.2 Å². The van der Waals surface area contributed by atoms with Crippen molar-refractivity contribution < 1.29 is 15.5 Å². The molecule has 23 heavy (non-hydrogen) atoms. The Bertz CT molecular complexity index is 644. The number of benzene rings is 1. The minimum Gasteiger partial charge on any atom is -0.508 e. The van der Waals surface area contributed by atoms with Crippen LogP contribution in [0.5, 0.6) is 5.75 Å². The van der Waals surface area contributed by atoms with Crippen molar-refractivity contribution >= 4 is 0 Å². The molecule has 0 unspecified atom stereocenters. The van der Waals surface area contributed by atoms with Crippen molar-refractivity contribution in [1.82, 2.24) is 4.57 Å². The fraction of sp³-hybridized carbons (Fsp3) is 0.474. The number of hydrogen-bond donors (Lipinski definition) is 3. The van der Waals surface area contributed by atoms with Crippen LogP contribution in [-0.4, -0.2) is 20.8 Å². The Hall–Kier alpha value is -1.78. The van der Waals surface area contributed by atoms with Gasteiger partial charge in [0.25, 0.3) is 0 Å². The molecule has 0 bridgehead atoms. The highest BCUT2D eigenvalue weighted by Crippen LogP contribution is 2.20. The zero-order chi connectivity index (χ0) is 17.1. The number of hydrogen-bond acceptors (Lipinski definition) is 2. The summed E-state index contributed by atoms with van der Waals surface area (Å²) in [5.41, 5.74) is 4.74. The lowest BCUT2D eigenvalue weighted by Gasteiger charge is -2.18. The molecule has 0 aliphatic carbocycles. The summed E-state index contributed by atoms with van der Waals surface area (Å²) >= 11 is 0. The smallest absolute Gasteiger partial charge is 0.130 e. The molecular formula is C19H29N2O2+. The monoisotopic (exact) mass is 317 g/mol. The molecular weight excluding hydrogens is 288 g/mol. The van der Waals surface area contributed by atoms with E-state index in [1.807, 2.05) is 6.92 Å². The predicted molar refractivity (Wildman–Crippen MR) is 92.4 cm³/mol. The summed E-state index contributed by atoms with van der Waals surface area (Å²) in [6.07, 6.45) is -0.552. The summed E-state index contributed by atoms with van der Waals surface area (Å²) in [6.45, 7) is 11.6. The van der Waals surface area contributed by atoms with Crippen LogP contribution >= 0.6 is 0 Å². The Morgan fingerprint density at radius 2 is 1.70 bits per heavy atom. The molecule has 0 aliphatic rings. The minimum atomic E-state index is -0.552. The lowest BCUT2D eigenvalue weighted by Crippen LogP contribution is -2.89. The molecule has 0 saturated carbocycles. The van der Waals surface area contributed by atoms with Crippen molar-refractivity contribution in [1.29, 1.82) is 0 Å². The molecule has 1 aromatic heterocycles. The van der Waals surface area contributed by atoms with Crippen LogP contribution in [0.15, 0.2) is 30.3 Å².